The summed E-state index contributed by atoms with van der Waals surface area (Å²) in [5.41, 5.74) is -0.0714. The van der Waals surface area contributed by atoms with Crippen molar-refractivity contribution in [1.82, 2.24) is 4.90 Å². The standard InChI is InChI=1S/C13H25NO2/c1-4-14(12(2)9-16-3)10-13(11-15)7-5-6-8-13/h11-12H,4-10H2,1-3H3. The molecule has 0 aliphatic heterocycles. The highest BCUT2D eigenvalue weighted by atomic mass is 16.5. The number of aldehydes is 1. The van der Waals surface area contributed by atoms with Crippen LogP contribution < -0.4 is 0 Å². The van der Waals surface area contributed by atoms with Crippen LogP contribution in [0.3, 0.4) is 0 Å². The van der Waals surface area contributed by atoms with E-state index in [1.54, 1.807) is 7.11 Å². The van der Waals surface area contributed by atoms with Gasteiger partial charge in [0.2, 0.25) is 0 Å². The number of hydrogen-bond donors (Lipinski definition) is 0. The highest BCUT2D eigenvalue weighted by Gasteiger charge is 2.35. The lowest BCUT2D eigenvalue weighted by Crippen LogP contribution is -2.43. The van der Waals surface area contributed by atoms with Gasteiger partial charge in [0.05, 0.1) is 6.61 Å². The number of carbonyl (C=O) groups excluding carboxylic acids is 1. The molecule has 94 valence electrons. The molecule has 1 atom stereocenters. The summed E-state index contributed by atoms with van der Waals surface area (Å²) in [6.45, 7) is 6.94. The fourth-order valence-corrected chi connectivity index (χ4v) is 2.72. The molecule has 1 rings (SSSR count). The number of likely N-dealkylation sites (N-methyl/N-ethyl adjacent to an activating group) is 1. The van der Waals surface area contributed by atoms with E-state index in [0.29, 0.717) is 6.04 Å². The predicted molar refractivity (Wildman–Crippen MR) is 65.6 cm³/mol. The van der Waals surface area contributed by atoms with Gasteiger partial charge in [-0.1, -0.05) is 19.8 Å². The van der Waals surface area contributed by atoms with Gasteiger partial charge in [-0.2, -0.15) is 0 Å². The van der Waals surface area contributed by atoms with Gasteiger partial charge < -0.3 is 9.53 Å². The van der Waals surface area contributed by atoms with E-state index in [1.165, 1.54) is 19.1 Å². The Hall–Kier alpha value is -0.410. The maximum Gasteiger partial charge on any atom is 0.127 e. The second kappa shape index (κ2) is 6.36. The summed E-state index contributed by atoms with van der Waals surface area (Å²) >= 11 is 0. The van der Waals surface area contributed by atoms with Crippen molar-refractivity contribution in [2.75, 3.05) is 26.8 Å². The minimum Gasteiger partial charge on any atom is -0.383 e. The van der Waals surface area contributed by atoms with E-state index in [1.807, 2.05) is 0 Å². The normalized spacial score (nSPS) is 21.2. The number of methoxy groups -OCH3 is 1. The Bertz CT molecular complexity index is 212. The quantitative estimate of drug-likeness (QED) is 0.624. The minimum atomic E-state index is -0.0714. The fraction of sp³-hybridized carbons (Fsp3) is 0.923. The number of ether oxygens (including phenoxy) is 1. The monoisotopic (exact) mass is 227 g/mol. The topological polar surface area (TPSA) is 29.5 Å². The van der Waals surface area contributed by atoms with Crippen LogP contribution in [0, 0.1) is 5.41 Å². The molecule has 0 saturated heterocycles. The molecule has 0 aromatic heterocycles. The number of nitrogens with zero attached hydrogens (tertiary/aromatic N) is 1. The highest BCUT2D eigenvalue weighted by Crippen LogP contribution is 2.37. The third-order valence-electron chi connectivity index (χ3n) is 3.80. The zero-order chi connectivity index (χ0) is 12.0. The van der Waals surface area contributed by atoms with Crippen LogP contribution >= 0.6 is 0 Å². The van der Waals surface area contributed by atoms with E-state index in [2.05, 4.69) is 18.7 Å². The van der Waals surface area contributed by atoms with E-state index >= 15 is 0 Å². The van der Waals surface area contributed by atoms with Gasteiger partial charge in [-0.25, -0.2) is 0 Å². The molecule has 1 aliphatic rings. The molecular weight excluding hydrogens is 202 g/mol. The Morgan fingerprint density at radius 1 is 1.44 bits per heavy atom. The van der Waals surface area contributed by atoms with Crippen molar-refractivity contribution in [2.24, 2.45) is 5.41 Å². The third kappa shape index (κ3) is 3.29. The van der Waals surface area contributed by atoms with Gasteiger partial charge in [-0.05, 0) is 26.3 Å². The summed E-state index contributed by atoms with van der Waals surface area (Å²) in [5.74, 6) is 0. The maximum absolute atomic E-state index is 11.3. The van der Waals surface area contributed by atoms with Gasteiger partial charge in [-0.3, -0.25) is 4.90 Å². The Morgan fingerprint density at radius 2 is 2.06 bits per heavy atom. The largest absolute Gasteiger partial charge is 0.383 e. The van der Waals surface area contributed by atoms with Crippen molar-refractivity contribution in [3.63, 3.8) is 0 Å². The predicted octanol–water partition coefficient (Wildman–Crippen LogP) is 2.10. The first-order chi connectivity index (χ1) is 7.67. The average Bonchev–Trinajstić information content (AvgIpc) is 2.75. The minimum absolute atomic E-state index is 0.0714. The van der Waals surface area contributed by atoms with Crippen molar-refractivity contribution in [3.05, 3.63) is 0 Å². The molecule has 3 heteroatoms. The van der Waals surface area contributed by atoms with Crippen LogP contribution in [0.5, 0.6) is 0 Å². The van der Waals surface area contributed by atoms with Crippen molar-refractivity contribution in [1.29, 1.82) is 0 Å². The van der Waals surface area contributed by atoms with E-state index in [-0.39, 0.29) is 5.41 Å². The van der Waals surface area contributed by atoms with Crippen molar-refractivity contribution in [3.8, 4) is 0 Å². The fourth-order valence-electron chi connectivity index (χ4n) is 2.72. The van der Waals surface area contributed by atoms with Gasteiger partial charge in [0.1, 0.15) is 6.29 Å². The maximum atomic E-state index is 11.3. The van der Waals surface area contributed by atoms with Crippen LogP contribution in [0.1, 0.15) is 39.5 Å². The summed E-state index contributed by atoms with van der Waals surface area (Å²) in [6.07, 6.45) is 5.73. The van der Waals surface area contributed by atoms with Crippen molar-refractivity contribution in [2.45, 2.75) is 45.6 Å². The Labute approximate surface area is 99.1 Å². The van der Waals surface area contributed by atoms with Crippen LogP contribution in [0.2, 0.25) is 0 Å². The summed E-state index contributed by atoms with van der Waals surface area (Å²) in [7, 11) is 1.73. The first-order valence-electron chi connectivity index (χ1n) is 6.37. The zero-order valence-corrected chi connectivity index (χ0v) is 10.9. The van der Waals surface area contributed by atoms with Crippen LogP contribution in [0.4, 0.5) is 0 Å². The van der Waals surface area contributed by atoms with Crippen LogP contribution in [0.25, 0.3) is 0 Å². The molecule has 0 aromatic rings. The highest BCUT2D eigenvalue weighted by molar-refractivity contribution is 5.60. The van der Waals surface area contributed by atoms with Gasteiger partial charge in [0.25, 0.3) is 0 Å². The first-order valence-corrected chi connectivity index (χ1v) is 6.37. The van der Waals surface area contributed by atoms with Gasteiger partial charge in [-0.15, -0.1) is 0 Å². The van der Waals surface area contributed by atoms with Crippen LogP contribution in [-0.4, -0.2) is 44.0 Å². The summed E-state index contributed by atoms with van der Waals surface area (Å²) in [5, 5.41) is 0. The van der Waals surface area contributed by atoms with E-state index in [9.17, 15) is 4.79 Å². The molecule has 0 N–H and O–H groups in total. The Morgan fingerprint density at radius 3 is 2.50 bits per heavy atom. The third-order valence-corrected chi connectivity index (χ3v) is 3.80. The smallest absolute Gasteiger partial charge is 0.127 e. The van der Waals surface area contributed by atoms with E-state index in [4.69, 9.17) is 4.74 Å². The lowest BCUT2D eigenvalue weighted by Gasteiger charge is -2.34. The Balaban J connectivity index is 2.56. The second-order valence-corrected chi connectivity index (χ2v) is 5.05. The lowest BCUT2D eigenvalue weighted by atomic mass is 9.87. The molecule has 0 heterocycles. The number of carbonyl (C=O) groups is 1. The summed E-state index contributed by atoms with van der Waals surface area (Å²) < 4.78 is 5.19. The first kappa shape index (κ1) is 13.7. The molecule has 0 amide bonds. The molecule has 1 saturated carbocycles. The molecular formula is C13H25NO2. The van der Waals surface area contributed by atoms with Crippen LogP contribution in [0.15, 0.2) is 0 Å². The summed E-state index contributed by atoms with van der Waals surface area (Å²) in [6, 6.07) is 0.396. The van der Waals surface area contributed by atoms with E-state index in [0.717, 1.165) is 32.5 Å². The zero-order valence-electron chi connectivity index (χ0n) is 10.9. The lowest BCUT2D eigenvalue weighted by molar-refractivity contribution is -0.117. The molecule has 0 spiro atoms. The number of rotatable bonds is 7. The molecule has 3 nitrogen and oxygen atoms in total. The van der Waals surface area contributed by atoms with Gasteiger partial charge >= 0.3 is 0 Å². The SMILES string of the molecule is CCN(CC1(C=O)CCCC1)C(C)COC. The molecule has 1 fully saturated rings. The Kier molecular flexibility index (Phi) is 5.42. The second-order valence-electron chi connectivity index (χ2n) is 5.05. The molecule has 0 radical (unpaired) electrons. The molecule has 0 aromatic carbocycles. The van der Waals surface area contributed by atoms with E-state index < -0.39 is 0 Å². The van der Waals surface area contributed by atoms with Crippen LogP contribution in [-0.2, 0) is 9.53 Å². The van der Waals surface area contributed by atoms with Gasteiger partial charge in [0.15, 0.2) is 0 Å². The van der Waals surface area contributed by atoms with Crippen molar-refractivity contribution >= 4 is 6.29 Å². The number of hydrogen-bond acceptors (Lipinski definition) is 3. The van der Waals surface area contributed by atoms with Gasteiger partial charge in [0, 0.05) is 25.1 Å². The molecule has 0 bridgehead atoms. The molecule has 16 heavy (non-hydrogen) atoms. The summed E-state index contributed by atoms with van der Waals surface area (Å²) in [4.78, 5) is 13.7. The molecule has 1 unspecified atom stereocenters. The average molecular weight is 227 g/mol. The van der Waals surface area contributed by atoms with Crippen molar-refractivity contribution < 1.29 is 9.53 Å². The molecule has 1 aliphatic carbocycles.